The fourth-order valence-corrected chi connectivity index (χ4v) is 2.44. The Bertz CT molecular complexity index is 648. The van der Waals surface area contributed by atoms with Crippen molar-refractivity contribution < 1.29 is 14.1 Å². The molecule has 3 rings (SSSR count). The van der Waals surface area contributed by atoms with Crippen LogP contribution in [-0.2, 0) is 16.0 Å². The van der Waals surface area contributed by atoms with Gasteiger partial charge in [-0.05, 0) is 13.0 Å². The molecule has 1 aliphatic heterocycles. The molecule has 1 amide bonds. The number of rotatable bonds is 4. The van der Waals surface area contributed by atoms with Gasteiger partial charge < -0.3 is 14.2 Å². The van der Waals surface area contributed by atoms with Gasteiger partial charge in [-0.1, -0.05) is 28.9 Å². The van der Waals surface area contributed by atoms with E-state index < -0.39 is 0 Å². The van der Waals surface area contributed by atoms with Gasteiger partial charge in [0.1, 0.15) is 0 Å². The predicted molar refractivity (Wildman–Crippen MR) is 80.2 cm³/mol. The molecule has 6 heteroatoms. The highest BCUT2D eigenvalue weighted by Crippen LogP contribution is 2.17. The first-order chi connectivity index (χ1) is 10.7. The number of ether oxygens (including phenoxy) is 1. The molecule has 6 nitrogen and oxygen atoms in total. The molecule has 2 heterocycles. The molecule has 0 atom stereocenters. The monoisotopic (exact) mass is 301 g/mol. The first kappa shape index (κ1) is 14.7. The fourth-order valence-electron chi connectivity index (χ4n) is 2.44. The second-order valence-electron chi connectivity index (χ2n) is 5.37. The Kier molecular flexibility index (Phi) is 4.48. The predicted octanol–water partition coefficient (Wildman–Crippen LogP) is 1.84. The quantitative estimate of drug-likeness (QED) is 0.862. The Balaban J connectivity index is 1.59. The largest absolute Gasteiger partial charge is 0.378 e. The van der Waals surface area contributed by atoms with Crippen molar-refractivity contribution in [1.29, 1.82) is 0 Å². The van der Waals surface area contributed by atoms with E-state index in [-0.39, 0.29) is 5.91 Å². The van der Waals surface area contributed by atoms with Crippen LogP contribution in [0, 0.1) is 6.92 Å². The molecule has 0 aliphatic carbocycles. The molecule has 0 radical (unpaired) electrons. The molecule has 0 bridgehead atoms. The van der Waals surface area contributed by atoms with Crippen molar-refractivity contribution in [3.05, 3.63) is 35.7 Å². The highest BCUT2D eigenvalue weighted by Gasteiger charge is 2.18. The Morgan fingerprint density at radius 2 is 2.14 bits per heavy atom. The standard InChI is InChI=1S/C16H19N3O3/c1-12-3-2-4-13(11-12)16-17-14(22-18-16)5-6-15(20)19-7-9-21-10-8-19/h2-4,11H,5-10H2,1H3. The molecule has 116 valence electrons. The van der Waals surface area contributed by atoms with Crippen molar-refractivity contribution in [1.82, 2.24) is 15.0 Å². The Morgan fingerprint density at radius 3 is 2.91 bits per heavy atom. The molecule has 2 aromatic rings. The van der Waals surface area contributed by atoms with Gasteiger partial charge in [-0.3, -0.25) is 4.79 Å². The average Bonchev–Trinajstić information content (AvgIpc) is 3.02. The zero-order valence-electron chi connectivity index (χ0n) is 12.6. The molecular formula is C16H19N3O3. The number of hydrogen-bond donors (Lipinski definition) is 0. The molecule has 1 aliphatic rings. The molecule has 1 saturated heterocycles. The van der Waals surface area contributed by atoms with E-state index in [4.69, 9.17) is 9.26 Å². The van der Waals surface area contributed by atoms with Crippen LogP contribution in [0.3, 0.4) is 0 Å². The smallest absolute Gasteiger partial charge is 0.227 e. The topological polar surface area (TPSA) is 68.5 Å². The van der Waals surface area contributed by atoms with Crippen molar-refractivity contribution in [3.8, 4) is 11.4 Å². The van der Waals surface area contributed by atoms with E-state index in [1.165, 1.54) is 0 Å². The summed E-state index contributed by atoms with van der Waals surface area (Å²) in [5.41, 5.74) is 2.07. The Morgan fingerprint density at radius 1 is 1.32 bits per heavy atom. The number of aryl methyl sites for hydroxylation is 2. The minimum Gasteiger partial charge on any atom is -0.378 e. The summed E-state index contributed by atoms with van der Waals surface area (Å²) in [4.78, 5) is 18.3. The van der Waals surface area contributed by atoms with Crippen molar-refractivity contribution in [2.75, 3.05) is 26.3 Å². The number of carbonyl (C=O) groups excluding carboxylic acids is 1. The lowest BCUT2D eigenvalue weighted by atomic mass is 10.1. The second kappa shape index (κ2) is 6.70. The van der Waals surface area contributed by atoms with Crippen LogP contribution in [0.2, 0.25) is 0 Å². The SMILES string of the molecule is Cc1cccc(-c2noc(CCC(=O)N3CCOCC3)n2)c1. The lowest BCUT2D eigenvalue weighted by molar-refractivity contribution is -0.135. The summed E-state index contributed by atoms with van der Waals surface area (Å²) in [6.07, 6.45) is 0.852. The fraction of sp³-hybridized carbons (Fsp3) is 0.438. The molecule has 1 aromatic heterocycles. The van der Waals surface area contributed by atoms with Crippen molar-refractivity contribution in [3.63, 3.8) is 0 Å². The molecule has 0 N–H and O–H groups in total. The van der Waals surface area contributed by atoms with Gasteiger partial charge in [0.15, 0.2) is 0 Å². The van der Waals surface area contributed by atoms with Crippen LogP contribution >= 0.6 is 0 Å². The highest BCUT2D eigenvalue weighted by atomic mass is 16.5. The number of aromatic nitrogens is 2. The summed E-state index contributed by atoms with van der Waals surface area (Å²) in [6.45, 7) is 4.58. The minimum absolute atomic E-state index is 0.110. The number of hydrogen-bond acceptors (Lipinski definition) is 5. The zero-order chi connectivity index (χ0) is 15.4. The van der Waals surface area contributed by atoms with Crippen LogP contribution in [0.15, 0.2) is 28.8 Å². The van der Waals surface area contributed by atoms with Gasteiger partial charge in [0.25, 0.3) is 0 Å². The second-order valence-corrected chi connectivity index (χ2v) is 5.37. The first-order valence-corrected chi connectivity index (χ1v) is 7.47. The van der Waals surface area contributed by atoms with E-state index in [2.05, 4.69) is 10.1 Å². The molecule has 0 unspecified atom stereocenters. The number of amides is 1. The maximum atomic E-state index is 12.1. The summed E-state index contributed by atoms with van der Waals surface area (Å²) >= 11 is 0. The molecule has 0 spiro atoms. The Hall–Kier alpha value is -2.21. The van der Waals surface area contributed by atoms with Crippen LogP contribution in [0.4, 0.5) is 0 Å². The van der Waals surface area contributed by atoms with Gasteiger partial charge in [0.05, 0.1) is 13.2 Å². The van der Waals surface area contributed by atoms with Crippen LogP contribution in [0.25, 0.3) is 11.4 Å². The first-order valence-electron chi connectivity index (χ1n) is 7.47. The van der Waals surface area contributed by atoms with E-state index in [1.807, 2.05) is 36.1 Å². The van der Waals surface area contributed by atoms with E-state index in [0.29, 0.717) is 50.9 Å². The van der Waals surface area contributed by atoms with Crippen molar-refractivity contribution >= 4 is 5.91 Å². The third-order valence-electron chi connectivity index (χ3n) is 3.66. The average molecular weight is 301 g/mol. The van der Waals surface area contributed by atoms with Gasteiger partial charge in [0.2, 0.25) is 17.6 Å². The lowest BCUT2D eigenvalue weighted by Crippen LogP contribution is -2.40. The highest BCUT2D eigenvalue weighted by molar-refractivity contribution is 5.76. The van der Waals surface area contributed by atoms with Gasteiger partial charge in [-0.15, -0.1) is 0 Å². The zero-order valence-corrected chi connectivity index (χ0v) is 12.6. The third-order valence-corrected chi connectivity index (χ3v) is 3.66. The Labute approximate surface area is 129 Å². The number of carbonyl (C=O) groups is 1. The van der Waals surface area contributed by atoms with Crippen molar-refractivity contribution in [2.24, 2.45) is 0 Å². The van der Waals surface area contributed by atoms with E-state index in [1.54, 1.807) is 0 Å². The summed E-state index contributed by atoms with van der Waals surface area (Å²) < 4.78 is 10.5. The molecule has 22 heavy (non-hydrogen) atoms. The normalized spacial score (nSPS) is 15.0. The van der Waals surface area contributed by atoms with Gasteiger partial charge in [-0.25, -0.2) is 0 Å². The van der Waals surface area contributed by atoms with Gasteiger partial charge >= 0.3 is 0 Å². The summed E-state index contributed by atoms with van der Waals surface area (Å²) in [6, 6.07) is 7.93. The van der Waals surface area contributed by atoms with Crippen LogP contribution in [0.5, 0.6) is 0 Å². The molecule has 1 fully saturated rings. The maximum absolute atomic E-state index is 12.1. The molecule has 1 aromatic carbocycles. The van der Waals surface area contributed by atoms with Gasteiger partial charge in [0, 0.05) is 31.5 Å². The lowest BCUT2D eigenvalue weighted by Gasteiger charge is -2.26. The summed E-state index contributed by atoms with van der Waals surface area (Å²) in [7, 11) is 0. The van der Waals surface area contributed by atoms with E-state index in [0.717, 1.165) is 11.1 Å². The van der Waals surface area contributed by atoms with Crippen LogP contribution in [0.1, 0.15) is 17.9 Å². The number of nitrogens with zero attached hydrogens (tertiary/aromatic N) is 3. The van der Waals surface area contributed by atoms with E-state index >= 15 is 0 Å². The minimum atomic E-state index is 0.110. The maximum Gasteiger partial charge on any atom is 0.227 e. The number of morpholine rings is 1. The number of benzene rings is 1. The van der Waals surface area contributed by atoms with E-state index in [9.17, 15) is 4.79 Å². The summed E-state index contributed by atoms with van der Waals surface area (Å²) in [5, 5.41) is 3.99. The third kappa shape index (κ3) is 3.51. The van der Waals surface area contributed by atoms with Crippen molar-refractivity contribution in [2.45, 2.75) is 19.8 Å². The molecular weight excluding hydrogens is 282 g/mol. The van der Waals surface area contributed by atoms with Crippen LogP contribution in [-0.4, -0.2) is 47.3 Å². The summed E-state index contributed by atoms with van der Waals surface area (Å²) in [5.74, 6) is 1.18. The molecule has 0 saturated carbocycles. The van der Waals surface area contributed by atoms with Gasteiger partial charge in [-0.2, -0.15) is 4.98 Å². The van der Waals surface area contributed by atoms with Crippen LogP contribution < -0.4 is 0 Å².